The lowest BCUT2D eigenvalue weighted by Gasteiger charge is -2.20. The summed E-state index contributed by atoms with van der Waals surface area (Å²) in [5.74, 6) is 2.59. The largest absolute Gasteiger partial charge is 0.289 e. The molecule has 3 heteroatoms. The van der Waals surface area contributed by atoms with Crippen LogP contribution in [0.15, 0.2) is 30.3 Å². The number of benzene rings is 1. The summed E-state index contributed by atoms with van der Waals surface area (Å²) in [6.45, 7) is 0. The van der Waals surface area contributed by atoms with E-state index >= 15 is 0 Å². The van der Waals surface area contributed by atoms with E-state index < -0.39 is 0 Å². The number of rotatable bonds is 6. The number of unbranched alkanes of at least 4 members (excludes halogenated alkanes) is 2. The number of amides is 1. The van der Waals surface area contributed by atoms with Crippen molar-refractivity contribution >= 4 is 11.6 Å². The van der Waals surface area contributed by atoms with Crippen molar-refractivity contribution in [1.29, 1.82) is 0 Å². The lowest BCUT2D eigenvalue weighted by molar-refractivity contribution is -0.121. The Hall–Kier alpha value is -1.95. The number of hydrogen-bond donors (Lipinski definition) is 1. The van der Waals surface area contributed by atoms with E-state index in [1.165, 1.54) is 0 Å². The molecule has 3 nitrogen and oxygen atoms in total. The van der Waals surface area contributed by atoms with Crippen molar-refractivity contribution in [2.45, 2.75) is 25.7 Å². The number of carbonyl (C=O) groups is 1. The fourth-order valence-electron chi connectivity index (χ4n) is 1.47. The van der Waals surface area contributed by atoms with Gasteiger partial charge in [0.1, 0.15) is 0 Å². The summed E-state index contributed by atoms with van der Waals surface area (Å²) in [5, 5.41) is 1.73. The molecule has 0 spiro atoms. The summed E-state index contributed by atoms with van der Waals surface area (Å²) in [6.07, 6.45) is 8.13. The van der Waals surface area contributed by atoms with Gasteiger partial charge in [0.2, 0.25) is 5.91 Å². The average Bonchev–Trinajstić information content (AvgIpc) is 2.36. The normalized spacial score (nSPS) is 9.41. The molecule has 1 aromatic rings. The van der Waals surface area contributed by atoms with Crippen molar-refractivity contribution in [2.24, 2.45) is 0 Å². The summed E-state index contributed by atoms with van der Waals surface area (Å²) in [5.41, 5.74) is 3.78. The molecular weight excluding hydrogens is 212 g/mol. The fraction of sp³-hybridized carbons (Fsp3) is 0.357. The van der Waals surface area contributed by atoms with Gasteiger partial charge in [-0.3, -0.25) is 15.2 Å². The van der Waals surface area contributed by atoms with E-state index in [4.69, 9.17) is 6.42 Å². The van der Waals surface area contributed by atoms with Gasteiger partial charge in [0.15, 0.2) is 0 Å². The summed E-state index contributed by atoms with van der Waals surface area (Å²) >= 11 is 0. The molecule has 0 unspecified atom stereocenters. The molecule has 0 aliphatic heterocycles. The van der Waals surface area contributed by atoms with Crippen LogP contribution in [0.2, 0.25) is 0 Å². The number of hydrazine groups is 1. The smallest absolute Gasteiger partial charge is 0.238 e. The maximum absolute atomic E-state index is 11.6. The lowest BCUT2D eigenvalue weighted by atomic mass is 10.2. The molecule has 0 aliphatic carbocycles. The van der Waals surface area contributed by atoms with Crippen LogP contribution in [0.4, 0.5) is 5.69 Å². The van der Waals surface area contributed by atoms with Gasteiger partial charge < -0.3 is 0 Å². The summed E-state index contributed by atoms with van der Waals surface area (Å²) < 4.78 is 0. The number of para-hydroxylation sites is 1. The monoisotopic (exact) mass is 230 g/mol. The van der Waals surface area contributed by atoms with Gasteiger partial charge in [0, 0.05) is 19.9 Å². The molecule has 0 radical (unpaired) electrons. The number of hydrogen-bond acceptors (Lipinski definition) is 2. The number of terminal acetylenes is 1. The average molecular weight is 230 g/mol. The second kappa shape index (κ2) is 7.34. The van der Waals surface area contributed by atoms with Crippen molar-refractivity contribution < 1.29 is 4.79 Å². The van der Waals surface area contributed by atoms with E-state index in [0.717, 1.165) is 24.9 Å². The topological polar surface area (TPSA) is 32.3 Å². The molecule has 0 aromatic heterocycles. The standard InChI is InChI=1S/C14H18N2O/c1-3-4-5-9-12-14(17)15-16(2)13-10-7-6-8-11-13/h1,6-8,10-11H,4-5,9,12H2,2H3,(H,15,17). The lowest BCUT2D eigenvalue weighted by Crippen LogP contribution is -2.39. The SMILES string of the molecule is C#CCCCCC(=O)NN(C)c1ccccc1. The van der Waals surface area contributed by atoms with Crippen LogP contribution in [0.5, 0.6) is 0 Å². The molecule has 0 fully saturated rings. The van der Waals surface area contributed by atoms with E-state index in [2.05, 4.69) is 11.3 Å². The van der Waals surface area contributed by atoms with Crippen LogP contribution in [-0.4, -0.2) is 13.0 Å². The van der Waals surface area contributed by atoms with E-state index in [-0.39, 0.29) is 5.91 Å². The van der Waals surface area contributed by atoms with E-state index in [9.17, 15) is 4.79 Å². The van der Waals surface area contributed by atoms with Crippen molar-refractivity contribution in [3.63, 3.8) is 0 Å². The molecule has 0 heterocycles. The van der Waals surface area contributed by atoms with Crippen molar-refractivity contribution in [3.8, 4) is 12.3 Å². The number of nitrogens with zero attached hydrogens (tertiary/aromatic N) is 1. The highest BCUT2D eigenvalue weighted by molar-refractivity contribution is 5.77. The Bertz CT molecular complexity index is 381. The molecule has 1 aromatic carbocycles. The predicted octanol–water partition coefficient (Wildman–Crippen LogP) is 2.35. The summed E-state index contributed by atoms with van der Waals surface area (Å²) in [7, 11) is 1.83. The Kier molecular flexibility index (Phi) is 5.67. The second-order valence-electron chi connectivity index (χ2n) is 3.84. The molecule has 0 bridgehead atoms. The van der Waals surface area contributed by atoms with Gasteiger partial charge in [-0.1, -0.05) is 18.2 Å². The Morgan fingerprint density at radius 3 is 2.71 bits per heavy atom. The number of anilines is 1. The molecule has 17 heavy (non-hydrogen) atoms. The Morgan fingerprint density at radius 1 is 1.35 bits per heavy atom. The maximum atomic E-state index is 11.6. The first-order valence-electron chi connectivity index (χ1n) is 5.76. The minimum Gasteiger partial charge on any atom is -0.289 e. The van der Waals surface area contributed by atoms with Gasteiger partial charge in [-0.05, 0) is 25.0 Å². The van der Waals surface area contributed by atoms with E-state index in [0.29, 0.717) is 6.42 Å². The third-order valence-corrected chi connectivity index (χ3v) is 2.41. The first-order chi connectivity index (χ1) is 8.24. The third-order valence-electron chi connectivity index (χ3n) is 2.41. The van der Waals surface area contributed by atoms with Crippen LogP contribution >= 0.6 is 0 Å². The minimum absolute atomic E-state index is 0.0216. The van der Waals surface area contributed by atoms with E-state index in [1.807, 2.05) is 37.4 Å². The first kappa shape index (κ1) is 13.1. The molecule has 0 atom stereocenters. The van der Waals surface area contributed by atoms with Gasteiger partial charge in [0.05, 0.1) is 5.69 Å². The maximum Gasteiger partial charge on any atom is 0.238 e. The summed E-state index contributed by atoms with van der Waals surface area (Å²) in [4.78, 5) is 11.6. The van der Waals surface area contributed by atoms with Gasteiger partial charge in [-0.15, -0.1) is 12.3 Å². The molecule has 1 amide bonds. The van der Waals surface area contributed by atoms with Crippen LogP contribution in [0, 0.1) is 12.3 Å². The van der Waals surface area contributed by atoms with Crippen LogP contribution in [0.25, 0.3) is 0 Å². The number of nitrogens with one attached hydrogen (secondary N) is 1. The van der Waals surface area contributed by atoms with Crippen molar-refractivity contribution in [1.82, 2.24) is 5.43 Å². The highest BCUT2D eigenvalue weighted by Crippen LogP contribution is 2.08. The van der Waals surface area contributed by atoms with Gasteiger partial charge in [0.25, 0.3) is 0 Å². The zero-order valence-electron chi connectivity index (χ0n) is 10.1. The zero-order valence-corrected chi connectivity index (χ0v) is 10.1. The molecule has 0 saturated heterocycles. The minimum atomic E-state index is 0.0216. The van der Waals surface area contributed by atoms with Crippen LogP contribution in [0.3, 0.4) is 0 Å². The van der Waals surface area contributed by atoms with Gasteiger partial charge in [-0.25, -0.2) is 0 Å². The van der Waals surface area contributed by atoms with Crippen LogP contribution < -0.4 is 10.4 Å². The first-order valence-corrected chi connectivity index (χ1v) is 5.76. The van der Waals surface area contributed by atoms with Crippen molar-refractivity contribution in [3.05, 3.63) is 30.3 Å². The molecule has 1 rings (SSSR count). The second-order valence-corrected chi connectivity index (χ2v) is 3.84. The Labute approximate surface area is 103 Å². The third kappa shape index (κ3) is 5.07. The molecule has 0 saturated carbocycles. The highest BCUT2D eigenvalue weighted by atomic mass is 16.2. The molecule has 1 N–H and O–H groups in total. The van der Waals surface area contributed by atoms with Gasteiger partial charge >= 0.3 is 0 Å². The molecule has 90 valence electrons. The quantitative estimate of drug-likeness (QED) is 0.462. The molecular formula is C14H18N2O. The zero-order chi connectivity index (χ0) is 12.5. The van der Waals surface area contributed by atoms with Crippen LogP contribution in [-0.2, 0) is 4.79 Å². The highest BCUT2D eigenvalue weighted by Gasteiger charge is 2.04. The number of carbonyl (C=O) groups excluding carboxylic acids is 1. The summed E-state index contributed by atoms with van der Waals surface area (Å²) in [6, 6.07) is 9.70. The van der Waals surface area contributed by atoms with Crippen molar-refractivity contribution in [2.75, 3.05) is 12.1 Å². The van der Waals surface area contributed by atoms with Gasteiger partial charge in [-0.2, -0.15) is 0 Å². The Balaban J connectivity index is 2.29. The Morgan fingerprint density at radius 2 is 2.06 bits per heavy atom. The predicted molar refractivity (Wildman–Crippen MR) is 70.3 cm³/mol. The fourth-order valence-corrected chi connectivity index (χ4v) is 1.47. The van der Waals surface area contributed by atoms with Crippen LogP contribution in [0.1, 0.15) is 25.7 Å². The van der Waals surface area contributed by atoms with E-state index in [1.54, 1.807) is 5.01 Å². The molecule has 0 aliphatic rings.